The van der Waals surface area contributed by atoms with Crippen molar-refractivity contribution in [3.05, 3.63) is 28.8 Å². The van der Waals surface area contributed by atoms with Gasteiger partial charge < -0.3 is 9.64 Å². The summed E-state index contributed by atoms with van der Waals surface area (Å²) in [6, 6.07) is 6.20. The van der Waals surface area contributed by atoms with E-state index in [1.165, 1.54) is 4.88 Å². The van der Waals surface area contributed by atoms with Crippen LogP contribution in [0.2, 0.25) is 0 Å². The smallest absolute Gasteiger partial charge is 0.274 e. The molecular weight excluding hydrogens is 322 g/mol. The number of hydrogen-bond donors (Lipinski definition) is 1. The summed E-state index contributed by atoms with van der Waals surface area (Å²) < 4.78 is 5.78. The van der Waals surface area contributed by atoms with Crippen LogP contribution in [0, 0.1) is 6.92 Å². The molecule has 1 saturated heterocycles. The predicted molar refractivity (Wildman–Crippen MR) is 96.4 cm³/mol. The quantitative estimate of drug-likeness (QED) is 0.913. The van der Waals surface area contributed by atoms with Gasteiger partial charge in [0.15, 0.2) is 5.69 Å². The fourth-order valence-corrected chi connectivity index (χ4v) is 4.15. The van der Waals surface area contributed by atoms with E-state index in [4.69, 9.17) is 4.74 Å². The molecule has 24 heavy (non-hydrogen) atoms. The Morgan fingerprint density at radius 3 is 2.92 bits per heavy atom. The van der Waals surface area contributed by atoms with Gasteiger partial charge in [-0.15, -0.1) is 11.3 Å². The van der Waals surface area contributed by atoms with E-state index in [-0.39, 0.29) is 17.6 Å². The second kappa shape index (κ2) is 6.69. The number of carbonyl (C=O) groups excluding carboxylic acids is 1. The van der Waals surface area contributed by atoms with E-state index in [2.05, 4.69) is 43.1 Å². The third-order valence-corrected chi connectivity index (χ3v) is 5.55. The van der Waals surface area contributed by atoms with Crippen molar-refractivity contribution in [3.8, 4) is 10.6 Å². The Morgan fingerprint density at radius 1 is 1.50 bits per heavy atom. The molecule has 3 rings (SSSR count). The number of carbonyl (C=O) groups is 1. The van der Waals surface area contributed by atoms with Crippen LogP contribution in [0.5, 0.6) is 0 Å². The molecule has 3 heterocycles. The van der Waals surface area contributed by atoms with Crippen LogP contribution in [0.1, 0.15) is 49.0 Å². The summed E-state index contributed by atoms with van der Waals surface area (Å²) in [6.07, 6.45) is 1.73. The Labute approximate surface area is 147 Å². The molecule has 1 fully saturated rings. The molecule has 0 saturated carbocycles. The van der Waals surface area contributed by atoms with Crippen molar-refractivity contribution in [1.82, 2.24) is 15.1 Å². The van der Waals surface area contributed by atoms with Crippen LogP contribution in [0.3, 0.4) is 0 Å². The number of hydrogen-bond acceptors (Lipinski definition) is 4. The van der Waals surface area contributed by atoms with Gasteiger partial charge in [-0.3, -0.25) is 9.89 Å². The first-order chi connectivity index (χ1) is 11.4. The highest BCUT2D eigenvalue weighted by molar-refractivity contribution is 7.15. The summed E-state index contributed by atoms with van der Waals surface area (Å²) in [5, 5.41) is 7.26. The average Bonchev–Trinajstić information content (AvgIpc) is 3.15. The maximum Gasteiger partial charge on any atom is 0.274 e. The zero-order valence-electron chi connectivity index (χ0n) is 14.8. The molecule has 130 valence electrons. The molecule has 2 aromatic heterocycles. The fraction of sp³-hybridized carbons (Fsp3) is 0.556. The van der Waals surface area contributed by atoms with Gasteiger partial charge in [-0.05, 0) is 58.7 Å². The number of ether oxygens (including phenoxy) is 1. The molecular formula is C18H25N3O2S. The molecule has 5 nitrogen and oxygen atoms in total. The van der Waals surface area contributed by atoms with Crippen molar-refractivity contribution in [2.75, 3.05) is 13.2 Å². The second-order valence-electron chi connectivity index (χ2n) is 6.92. The normalized spacial score (nSPS) is 20.1. The maximum atomic E-state index is 12.9. The topological polar surface area (TPSA) is 58.2 Å². The second-order valence-corrected chi connectivity index (χ2v) is 8.21. The third-order valence-electron chi connectivity index (χ3n) is 4.52. The zero-order valence-corrected chi connectivity index (χ0v) is 15.6. The van der Waals surface area contributed by atoms with Crippen molar-refractivity contribution in [2.24, 2.45) is 0 Å². The summed E-state index contributed by atoms with van der Waals surface area (Å²) in [4.78, 5) is 17.2. The minimum atomic E-state index is -0.179. The van der Waals surface area contributed by atoms with Crippen LogP contribution >= 0.6 is 11.3 Å². The van der Waals surface area contributed by atoms with Gasteiger partial charge in [0.05, 0.1) is 16.2 Å². The highest BCUT2D eigenvalue weighted by atomic mass is 32.1. The number of rotatable bonds is 4. The summed E-state index contributed by atoms with van der Waals surface area (Å²) in [7, 11) is 0. The average molecular weight is 347 g/mol. The van der Waals surface area contributed by atoms with E-state index in [0.29, 0.717) is 18.8 Å². The molecule has 1 amide bonds. The monoisotopic (exact) mass is 347 g/mol. The van der Waals surface area contributed by atoms with Crippen LogP contribution in [-0.2, 0) is 4.74 Å². The predicted octanol–water partition coefficient (Wildman–Crippen LogP) is 3.87. The molecule has 0 aromatic carbocycles. The first kappa shape index (κ1) is 17.2. The van der Waals surface area contributed by atoms with Gasteiger partial charge >= 0.3 is 0 Å². The van der Waals surface area contributed by atoms with Crippen LogP contribution in [0.4, 0.5) is 0 Å². The Morgan fingerprint density at radius 2 is 2.29 bits per heavy atom. The van der Waals surface area contributed by atoms with E-state index in [1.54, 1.807) is 11.3 Å². The summed E-state index contributed by atoms with van der Waals surface area (Å²) in [5.74, 6) is -0.00372. The van der Waals surface area contributed by atoms with E-state index >= 15 is 0 Å². The fourth-order valence-electron chi connectivity index (χ4n) is 3.32. The SMILES string of the molecule is CCN(C(=O)c1cc(-c2ccc(C)s2)[nH]n1)[C@H]1CCOC(C)(C)C1. The van der Waals surface area contributed by atoms with Crippen LogP contribution < -0.4 is 0 Å². The van der Waals surface area contributed by atoms with Crippen molar-refractivity contribution in [2.45, 2.75) is 52.2 Å². The van der Waals surface area contributed by atoms with Crippen LogP contribution in [0.25, 0.3) is 10.6 Å². The minimum Gasteiger partial charge on any atom is -0.375 e. The first-order valence-electron chi connectivity index (χ1n) is 8.47. The highest BCUT2D eigenvalue weighted by Gasteiger charge is 2.34. The van der Waals surface area contributed by atoms with Gasteiger partial charge in [-0.2, -0.15) is 5.10 Å². The van der Waals surface area contributed by atoms with E-state index < -0.39 is 0 Å². The largest absolute Gasteiger partial charge is 0.375 e. The minimum absolute atomic E-state index is 0.00372. The molecule has 0 radical (unpaired) electrons. The van der Waals surface area contributed by atoms with Crippen LogP contribution in [-0.4, -0.2) is 45.8 Å². The lowest BCUT2D eigenvalue weighted by atomic mass is 9.92. The Hall–Kier alpha value is -1.66. The van der Waals surface area contributed by atoms with E-state index in [0.717, 1.165) is 23.4 Å². The van der Waals surface area contributed by atoms with Gasteiger partial charge in [0.25, 0.3) is 5.91 Å². The molecule has 0 unspecified atom stereocenters. The standard InChI is InChI=1S/C18H25N3O2S/c1-5-21(13-8-9-23-18(3,4)11-13)17(22)15-10-14(19-20-15)16-7-6-12(2)24-16/h6-7,10,13H,5,8-9,11H2,1-4H3,(H,19,20)/t13-/m0/s1. The van der Waals surface area contributed by atoms with Crippen molar-refractivity contribution in [3.63, 3.8) is 0 Å². The molecule has 2 aromatic rings. The lowest BCUT2D eigenvalue weighted by molar-refractivity contribution is -0.0777. The highest BCUT2D eigenvalue weighted by Crippen LogP contribution is 2.29. The number of nitrogens with one attached hydrogen (secondary N) is 1. The number of aromatic amines is 1. The molecule has 1 aliphatic heterocycles. The van der Waals surface area contributed by atoms with Gasteiger partial charge in [0, 0.05) is 24.1 Å². The first-order valence-corrected chi connectivity index (χ1v) is 9.28. The summed E-state index contributed by atoms with van der Waals surface area (Å²) in [6.45, 7) is 9.65. The van der Waals surface area contributed by atoms with E-state index in [9.17, 15) is 4.79 Å². The number of nitrogens with zero attached hydrogens (tertiary/aromatic N) is 2. The number of amides is 1. The van der Waals surface area contributed by atoms with Crippen molar-refractivity contribution >= 4 is 17.2 Å². The number of thiophene rings is 1. The molecule has 1 atom stereocenters. The molecule has 0 spiro atoms. The van der Waals surface area contributed by atoms with Gasteiger partial charge in [-0.25, -0.2) is 0 Å². The summed E-state index contributed by atoms with van der Waals surface area (Å²) >= 11 is 1.70. The molecule has 6 heteroatoms. The maximum absolute atomic E-state index is 12.9. The summed E-state index contributed by atoms with van der Waals surface area (Å²) in [5.41, 5.74) is 1.21. The molecule has 1 N–H and O–H groups in total. The van der Waals surface area contributed by atoms with Crippen LogP contribution in [0.15, 0.2) is 18.2 Å². The molecule has 0 aliphatic carbocycles. The molecule has 1 aliphatic rings. The van der Waals surface area contributed by atoms with Gasteiger partial charge in [-0.1, -0.05) is 0 Å². The van der Waals surface area contributed by atoms with Crippen molar-refractivity contribution < 1.29 is 9.53 Å². The van der Waals surface area contributed by atoms with Crippen molar-refractivity contribution in [1.29, 1.82) is 0 Å². The number of H-pyrrole nitrogens is 1. The lowest BCUT2D eigenvalue weighted by Gasteiger charge is -2.40. The Bertz CT molecular complexity index is 719. The number of aromatic nitrogens is 2. The third kappa shape index (κ3) is 3.54. The van der Waals surface area contributed by atoms with Gasteiger partial charge in [0.2, 0.25) is 0 Å². The Kier molecular flexibility index (Phi) is 4.78. The molecule has 0 bridgehead atoms. The van der Waals surface area contributed by atoms with Gasteiger partial charge in [0.1, 0.15) is 0 Å². The lowest BCUT2D eigenvalue weighted by Crippen LogP contribution is -2.48. The zero-order chi connectivity index (χ0) is 17.3. The Balaban J connectivity index is 1.78. The van der Waals surface area contributed by atoms with E-state index in [1.807, 2.05) is 17.9 Å². The number of aryl methyl sites for hydroxylation is 1.